The van der Waals surface area contributed by atoms with E-state index in [0.29, 0.717) is 11.6 Å². The third kappa shape index (κ3) is 2.64. The lowest BCUT2D eigenvalue weighted by Gasteiger charge is -2.36. The second-order valence-electron chi connectivity index (χ2n) is 5.25. The summed E-state index contributed by atoms with van der Waals surface area (Å²) in [5.41, 5.74) is -0.255. The molecule has 0 radical (unpaired) electrons. The third-order valence-corrected chi connectivity index (χ3v) is 3.92. The highest BCUT2D eigenvalue weighted by molar-refractivity contribution is 5.48. The zero-order valence-electron chi connectivity index (χ0n) is 10.7. The summed E-state index contributed by atoms with van der Waals surface area (Å²) >= 11 is 0. The molecule has 3 heteroatoms. The monoisotopic (exact) mass is 246 g/mol. The van der Waals surface area contributed by atoms with Gasteiger partial charge in [0.2, 0.25) is 0 Å². The minimum absolute atomic E-state index is 0.296. The molecule has 0 spiro atoms. The molecule has 1 saturated carbocycles. The highest BCUT2D eigenvalue weighted by Crippen LogP contribution is 2.35. The van der Waals surface area contributed by atoms with Crippen molar-refractivity contribution in [3.05, 3.63) is 30.1 Å². The highest BCUT2D eigenvalue weighted by Gasteiger charge is 2.35. The first-order valence-electron chi connectivity index (χ1n) is 6.60. The Hall–Kier alpha value is -1.56. The minimum Gasteiger partial charge on any atom is -0.365 e. The number of halogens is 1. The summed E-state index contributed by atoms with van der Waals surface area (Å²) in [6.07, 6.45) is 5.68. The fourth-order valence-electron chi connectivity index (χ4n) is 2.74. The first-order chi connectivity index (χ1) is 8.65. The quantitative estimate of drug-likeness (QED) is 0.871. The number of rotatable bonds is 3. The summed E-state index contributed by atoms with van der Waals surface area (Å²) in [7, 11) is 0. The van der Waals surface area contributed by atoms with Gasteiger partial charge in [0.25, 0.3) is 0 Å². The third-order valence-electron chi connectivity index (χ3n) is 3.92. The summed E-state index contributed by atoms with van der Waals surface area (Å²) in [5, 5.41) is 12.6. The Morgan fingerprint density at radius 2 is 1.94 bits per heavy atom. The number of nitriles is 1. The predicted molar refractivity (Wildman–Crippen MR) is 70.6 cm³/mol. The van der Waals surface area contributed by atoms with E-state index in [1.165, 1.54) is 25.3 Å². The number of hydrogen-bond acceptors (Lipinski definition) is 2. The highest BCUT2D eigenvalue weighted by atomic mass is 19.1. The van der Waals surface area contributed by atoms with Crippen LogP contribution < -0.4 is 5.32 Å². The topological polar surface area (TPSA) is 35.8 Å². The largest absolute Gasteiger partial charge is 0.365 e. The van der Waals surface area contributed by atoms with Gasteiger partial charge < -0.3 is 5.32 Å². The summed E-state index contributed by atoms with van der Waals surface area (Å²) in [4.78, 5) is 0. The van der Waals surface area contributed by atoms with Crippen LogP contribution in [0, 0.1) is 23.1 Å². The molecule has 1 aliphatic carbocycles. The number of benzene rings is 1. The number of para-hydroxylation sites is 1. The van der Waals surface area contributed by atoms with Crippen LogP contribution >= 0.6 is 0 Å². The fraction of sp³-hybridized carbons (Fsp3) is 0.533. The predicted octanol–water partition coefficient (Wildman–Crippen LogP) is 4.10. The van der Waals surface area contributed by atoms with Crippen LogP contribution in [0.3, 0.4) is 0 Å². The molecule has 0 aromatic heterocycles. The maximum atomic E-state index is 13.7. The van der Waals surface area contributed by atoms with Crippen molar-refractivity contribution < 1.29 is 4.39 Å². The Kier molecular flexibility index (Phi) is 3.86. The van der Waals surface area contributed by atoms with E-state index in [0.717, 1.165) is 12.8 Å². The van der Waals surface area contributed by atoms with Gasteiger partial charge in [-0.2, -0.15) is 5.26 Å². The van der Waals surface area contributed by atoms with Gasteiger partial charge in [-0.05, 0) is 37.8 Å². The van der Waals surface area contributed by atoms with E-state index in [2.05, 4.69) is 11.4 Å². The van der Waals surface area contributed by atoms with Gasteiger partial charge in [-0.25, -0.2) is 4.39 Å². The molecule has 1 aromatic rings. The Morgan fingerprint density at radius 3 is 2.56 bits per heavy atom. The molecular weight excluding hydrogens is 227 g/mol. The van der Waals surface area contributed by atoms with E-state index in [-0.39, 0.29) is 5.82 Å². The second-order valence-corrected chi connectivity index (χ2v) is 5.25. The van der Waals surface area contributed by atoms with Gasteiger partial charge >= 0.3 is 0 Å². The Labute approximate surface area is 108 Å². The smallest absolute Gasteiger partial charge is 0.146 e. The van der Waals surface area contributed by atoms with E-state index in [4.69, 9.17) is 0 Å². The molecule has 18 heavy (non-hydrogen) atoms. The number of anilines is 1. The fourth-order valence-corrected chi connectivity index (χ4v) is 2.74. The molecule has 1 aromatic carbocycles. The van der Waals surface area contributed by atoms with Gasteiger partial charge in [0.05, 0.1) is 11.8 Å². The van der Waals surface area contributed by atoms with Crippen molar-refractivity contribution in [2.45, 2.75) is 44.6 Å². The van der Waals surface area contributed by atoms with Crippen molar-refractivity contribution in [1.29, 1.82) is 5.26 Å². The summed E-state index contributed by atoms with van der Waals surface area (Å²) in [6.45, 7) is 1.88. The lowest BCUT2D eigenvalue weighted by Crippen LogP contribution is -2.42. The lowest BCUT2D eigenvalue weighted by atomic mass is 9.76. The van der Waals surface area contributed by atoms with Crippen LogP contribution in [0.2, 0.25) is 0 Å². The maximum absolute atomic E-state index is 13.7. The van der Waals surface area contributed by atoms with Crippen molar-refractivity contribution in [1.82, 2.24) is 0 Å². The molecule has 1 N–H and O–H groups in total. The Bertz CT molecular complexity index is 446. The van der Waals surface area contributed by atoms with Crippen LogP contribution in [0.1, 0.15) is 39.0 Å². The van der Waals surface area contributed by atoms with Crippen molar-refractivity contribution in [2.24, 2.45) is 5.92 Å². The maximum Gasteiger partial charge on any atom is 0.146 e. The average molecular weight is 246 g/mol. The SMILES string of the molecule is CC(C#N)(Nc1ccccc1F)C1CCCCC1. The molecule has 0 bridgehead atoms. The van der Waals surface area contributed by atoms with Crippen molar-refractivity contribution in [2.75, 3.05) is 5.32 Å². The van der Waals surface area contributed by atoms with Crippen LogP contribution in [0.5, 0.6) is 0 Å². The molecule has 0 aliphatic heterocycles. The molecule has 0 saturated heterocycles. The van der Waals surface area contributed by atoms with Gasteiger partial charge in [0.1, 0.15) is 11.4 Å². The van der Waals surface area contributed by atoms with Crippen molar-refractivity contribution in [3.8, 4) is 6.07 Å². The second kappa shape index (κ2) is 5.39. The zero-order chi connectivity index (χ0) is 13.0. The van der Waals surface area contributed by atoms with Gasteiger partial charge in [-0.15, -0.1) is 0 Å². The summed E-state index contributed by atoms with van der Waals surface area (Å²) in [5.74, 6) is 0.00522. The molecule has 0 heterocycles. The Balaban J connectivity index is 2.18. The van der Waals surface area contributed by atoms with Crippen LogP contribution in [-0.2, 0) is 0 Å². The van der Waals surface area contributed by atoms with E-state index >= 15 is 0 Å². The van der Waals surface area contributed by atoms with Crippen LogP contribution in [0.4, 0.5) is 10.1 Å². The normalized spacial score (nSPS) is 19.8. The van der Waals surface area contributed by atoms with Gasteiger partial charge in [0.15, 0.2) is 0 Å². The van der Waals surface area contributed by atoms with Crippen LogP contribution in [-0.4, -0.2) is 5.54 Å². The van der Waals surface area contributed by atoms with E-state index in [9.17, 15) is 9.65 Å². The van der Waals surface area contributed by atoms with E-state index in [1.54, 1.807) is 18.2 Å². The number of hydrogen-bond donors (Lipinski definition) is 1. The van der Waals surface area contributed by atoms with E-state index < -0.39 is 5.54 Å². The lowest BCUT2D eigenvalue weighted by molar-refractivity contribution is 0.285. The van der Waals surface area contributed by atoms with Crippen LogP contribution in [0.15, 0.2) is 24.3 Å². The van der Waals surface area contributed by atoms with Crippen molar-refractivity contribution >= 4 is 5.69 Å². The number of nitrogens with one attached hydrogen (secondary N) is 1. The molecule has 1 fully saturated rings. The minimum atomic E-state index is -0.678. The molecule has 2 nitrogen and oxygen atoms in total. The van der Waals surface area contributed by atoms with Gasteiger partial charge in [0, 0.05) is 0 Å². The first-order valence-corrected chi connectivity index (χ1v) is 6.60. The van der Waals surface area contributed by atoms with Gasteiger partial charge in [-0.1, -0.05) is 31.4 Å². The molecule has 96 valence electrons. The Morgan fingerprint density at radius 1 is 1.28 bits per heavy atom. The van der Waals surface area contributed by atoms with E-state index in [1.807, 2.05) is 6.92 Å². The number of nitrogens with zero attached hydrogens (tertiary/aromatic N) is 1. The van der Waals surface area contributed by atoms with Gasteiger partial charge in [-0.3, -0.25) is 0 Å². The molecular formula is C15H19FN2. The molecule has 1 unspecified atom stereocenters. The molecule has 1 aliphatic rings. The summed E-state index contributed by atoms with van der Waals surface area (Å²) in [6, 6.07) is 8.89. The first kappa shape index (κ1) is 12.9. The van der Waals surface area contributed by atoms with Crippen molar-refractivity contribution in [3.63, 3.8) is 0 Å². The average Bonchev–Trinajstić information content (AvgIpc) is 2.42. The molecule has 1 atom stereocenters. The zero-order valence-corrected chi connectivity index (χ0v) is 10.7. The molecule has 2 rings (SSSR count). The molecule has 0 amide bonds. The summed E-state index contributed by atoms with van der Waals surface area (Å²) < 4.78 is 13.7. The standard InChI is InChI=1S/C15H19FN2/c1-15(11-17,12-7-3-2-4-8-12)18-14-10-6-5-9-13(14)16/h5-6,9-10,12,18H,2-4,7-8H2,1H3. The van der Waals surface area contributed by atoms with Crippen LogP contribution in [0.25, 0.3) is 0 Å².